The molecule has 3 aromatic heterocycles. The number of anilines is 4. The van der Waals surface area contributed by atoms with Crippen molar-refractivity contribution in [2.75, 3.05) is 28.5 Å². The van der Waals surface area contributed by atoms with E-state index in [0.29, 0.717) is 56.4 Å². The SMILES string of the molecule is CSc1ncc(C=O)c(Nc2cccc(NC(=O)OC(C)(C)C)c2)n1.CSc1ncc2ccc(=O)n(-c3cccc(NC(=O)OC(C)(C)C)c3)c2n1. The Morgan fingerprint density at radius 1 is 0.750 bits per heavy atom. The van der Waals surface area contributed by atoms with Crippen molar-refractivity contribution < 1.29 is 23.9 Å². The molecular formula is C36H40N8O6S2. The van der Waals surface area contributed by atoms with Crippen molar-refractivity contribution in [2.24, 2.45) is 0 Å². The molecule has 3 heterocycles. The van der Waals surface area contributed by atoms with Gasteiger partial charge in [-0.25, -0.2) is 29.5 Å². The molecule has 0 radical (unpaired) electrons. The van der Waals surface area contributed by atoms with Gasteiger partial charge in [0.05, 0.1) is 11.3 Å². The van der Waals surface area contributed by atoms with Crippen molar-refractivity contribution in [3.05, 3.63) is 89.0 Å². The number of rotatable bonds is 8. The van der Waals surface area contributed by atoms with Crippen LogP contribution in [0.4, 0.5) is 32.5 Å². The molecule has 2 amide bonds. The molecule has 0 aliphatic carbocycles. The molecule has 5 rings (SSSR count). The summed E-state index contributed by atoms with van der Waals surface area (Å²) in [7, 11) is 0. The minimum atomic E-state index is -0.598. The van der Waals surface area contributed by atoms with E-state index in [1.807, 2.05) is 12.5 Å². The van der Waals surface area contributed by atoms with Crippen molar-refractivity contribution in [3.8, 4) is 5.69 Å². The molecule has 0 spiro atoms. The van der Waals surface area contributed by atoms with E-state index in [1.54, 1.807) is 102 Å². The number of amides is 2. The number of aromatic nitrogens is 5. The number of benzene rings is 2. The van der Waals surface area contributed by atoms with Gasteiger partial charge in [-0.1, -0.05) is 35.7 Å². The Labute approximate surface area is 309 Å². The summed E-state index contributed by atoms with van der Waals surface area (Å²) in [6, 6.07) is 17.2. The van der Waals surface area contributed by atoms with E-state index in [-0.39, 0.29) is 5.56 Å². The highest BCUT2D eigenvalue weighted by molar-refractivity contribution is 7.98. The second-order valence-corrected chi connectivity index (χ2v) is 14.5. The van der Waals surface area contributed by atoms with E-state index in [2.05, 4.69) is 35.9 Å². The molecule has 2 aromatic carbocycles. The van der Waals surface area contributed by atoms with E-state index >= 15 is 0 Å². The molecule has 0 saturated carbocycles. The van der Waals surface area contributed by atoms with Crippen LogP contribution in [0.2, 0.25) is 0 Å². The lowest BCUT2D eigenvalue weighted by molar-refractivity contribution is 0.0624. The highest BCUT2D eigenvalue weighted by Crippen LogP contribution is 2.24. The molecule has 0 unspecified atom stereocenters. The lowest BCUT2D eigenvalue weighted by Crippen LogP contribution is -2.27. The van der Waals surface area contributed by atoms with Gasteiger partial charge in [-0.2, -0.15) is 0 Å². The molecule has 0 aliphatic heterocycles. The van der Waals surface area contributed by atoms with Crippen molar-refractivity contribution in [1.29, 1.82) is 0 Å². The van der Waals surface area contributed by atoms with Gasteiger partial charge in [0, 0.05) is 40.9 Å². The van der Waals surface area contributed by atoms with Gasteiger partial charge in [0.15, 0.2) is 22.2 Å². The Morgan fingerprint density at radius 3 is 1.90 bits per heavy atom. The summed E-state index contributed by atoms with van der Waals surface area (Å²) in [5.74, 6) is 0.406. The van der Waals surface area contributed by atoms with Crippen LogP contribution in [0.25, 0.3) is 16.7 Å². The first kappa shape index (κ1) is 39.3. The molecule has 0 bridgehead atoms. The number of fused-ring (bicyclic) bond motifs is 1. The second-order valence-electron chi connectivity index (χ2n) is 12.9. The van der Waals surface area contributed by atoms with Crippen molar-refractivity contribution in [2.45, 2.75) is 63.1 Å². The number of ether oxygens (including phenoxy) is 2. The van der Waals surface area contributed by atoms with E-state index in [4.69, 9.17) is 9.47 Å². The third-order valence-corrected chi connectivity index (χ3v) is 7.54. The number of hydrogen-bond acceptors (Lipinski definition) is 13. The van der Waals surface area contributed by atoms with E-state index in [0.717, 1.165) is 5.39 Å². The zero-order chi connectivity index (χ0) is 38.1. The van der Waals surface area contributed by atoms with Crippen LogP contribution in [0.3, 0.4) is 0 Å². The largest absolute Gasteiger partial charge is 0.444 e. The fourth-order valence-electron chi connectivity index (χ4n) is 4.39. The Balaban J connectivity index is 0.000000234. The summed E-state index contributed by atoms with van der Waals surface area (Å²) in [4.78, 5) is 64.7. The lowest BCUT2D eigenvalue weighted by atomic mass is 10.2. The monoisotopic (exact) mass is 744 g/mol. The summed E-state index contributed by atoms with van der Waals surface area (Å²) in [5, 5.41) is 10.3. The Kier molecular flexibility index (Phi) is 13.0. The van der Waals surface area contributed by atoms with E-state index in [9.17, 15) is 19.2 Å². The Morgan fingerprint density at radius 2 is 1.31 bits per heavy atom. The molecule has 3 N–H and O–H groups in total. The molecule has 5 aromatic rings. The number of hydrogen-bond donors (Lipinski definition) is 3. The molecule has 16 heteroatoms. The first-order chi connectivity index (χ1) is 24.6. The molecule has 0 fully saturated rings. The van der Waals surface area contributed by atoms with Gasteiger partial charge in [0.2, 0.25) is 0 Å². The first-order valence-corrected chi connectivity index (χ1v) is 18.3. The molecule has 0 aliphatic rings. The third kappa shape index (κ3) is 11.5. The van der Waals surface area contributed by atoms with Gasteiger partial charge >= 0.3 is 12.2 Å². The zero-order valence-electron chi connectivity index (χ0n) is 30.0. The topological polar surface area (TPSA) is 179 Å². The third-order valence-electron chi connectivity index (χ3n) is 6.42. The van der Waals surface area contributed by atoms with Gasteiger partial charge in [-0.15, -0.1) is 0 Å². The Bertz CT molecular complexity index is 2130. The fraction of sp³-hybridized carbons (Fsp3) is 0.278. The molecule has 272 valence electrons. The van der Waals surface area contributed by atoms with Crippen LogP contribution in [0.15, 0.2) is 88.2 Å². The van der Waals surface area contributed by atoms with Crippen LogP contribution in [-0.4, -0.2) is 66.7 Å². The van der Waals surface area contributed by atoms with Gasteiger partial charge in [0.25, 0.3) is 5.56 Å². The predicted octanol–water partition coefficient (Wildman–Crippen LogP) is 7.95. The van der Waals surface area contributed by atoms with Crippen LogP contribution in [0.1, 0.15) is 51.9 Å². The number of carbonyl (C=O) groups excluding carboxylic acids is 3. The standard InChI is InChI=1S/C19H20N4O3S.C17H20N4O3S/c1-19(2,3)26-18(25)21-13-6-5-7-14(10-13)23-15(24)9-8-12-11-20-17(27-4)22-16(12)23;1-17(2,3)24-16(23)20-13-7-5-6-12(8-13)19-14-11(10-22)9-18-15(21-14)25-4/h5-11H,1-4H3,(H,21,25);5-10H,1-4H3,(H,20,23)(H,18,19,21). The van der Waals surface area contributed by atoms with Gasteiger partial charge < -0.3 is 14.8 Å². The number of pyridine rings is 1. The average Bonchev–Trinajstić information content (AvgIpc) is 3.06. The predicted molar refractivity (Wildman–Crippen MR) is 206 cm³/mol. The van der Waals surface area contributed by atoms with E-state index < -0.39 is 23.4 Å². The van der Waals surface area contributed by atoms with Crippen molar-refractivity contribution in [1.82, 2.24) is 24.5 Å². The first-order valence-electron chi connectivity index (χ1n) is 15.8. The smallest absolute Gasteiger partial charge is 0.412 e. The highest BCUT2D eigenvalue weighted by atomic mass is 32.2. The van der Waals surface area contributed by atoms with Crippen molar-refractivity contribution in [3.63, 3.8) is 0 Å². The Hall–Kier alpha value is -5.48. The highest BCUT2D eigenvalue weighted by Gasteiger charge is 2.18. The number of thioether (sulfide) groups is 2. The van der Waals surface area contributed by atoms with Crippen LogP contribution >= 0.6 is 23.5 Å². The number of nitrogens with zero attached hydrogens (tertiary/aromatic N) is 5. The summed E-state index contributed by atoms with van der Waals surface area (Å²) >= 11 is 2.78. The molecular weight excluding hydrogens is 705 g/mol. The summed E-state index contributed by atoms with van der Waals surface area (Å²) in [5.41, 5.74) is 1.80. The van der Waals surface area contributed by atoms with Gasteiger partial charge in [-0.05, 0) is 96.5 Å². The normalized spacial score (nSPS) is 11.2. The summed E-state index contributed by atoms with van der Waals surface area (Å²) in [6.07, 6.45) is 6.48. The van der Waals surface area contributed by atoms with Crippen LogP contribution in [0, 0.1) is 0 Å². The molecule has 52 heavy (non-hydrogen) atoms. The zero-order valence-corrected chi connectivity index (χ0v) is 31.6. The summed E-state index contributed by atoms with van der Waals surface area (Å²) < 4.78 is 12.0. The molecule has 14 nitrogen and oxygen atoms in total. The van der Waals surface area contributed by atoms with Crippen molar-refractivity contribution >= 4 is 75.9 Å². The fourth-order valence-corrected chi connectivity index (χ4v) is 5.06. The van der Waals surface area contributed by atoms with Crippen LogP contribution < -0.4 is 21.5 Å². The van der Waals surface area contributed by atoms with Crippen LogP contribution in [0.5, 0.6) is 0 Å². The number of nitrogens with one attached hydrogen (secondary N) is 3. The second kappa shape index (κ2) is 17.2. The minimum Gasteiger partial charge on any atom is -0.444 e. The maximum absolute atomic E-state index is 12.5. The number of carbonyl (C=O) groups is 3. The quantitative estimate of drug-likeness (QED) is 0.0792. The maximum atomic E-state index is 12.5. The number of aldehydes is 1. The van der Waals surface area contributed by atoms with Gasteiger partial charge in [-0.3, -0.25) is 24.8 Å². The molecule has 0 saturated heterocycles. The van der Waals surface area contributed by atoms with E-state index in [1.165, 1.54) is 40.4 Å². The molecule has 0 atom stereocenters. The van der Waals surface area contributed by atoms with Crippen LogP contribution in [-0.2, 0) is 9.47 Å². The average molecular weight is 745 g/mol. The maximum Gasteiger partial charge on any atom is 0.412 e. The minimum absolute atomic E-state index is 0.220. The van der Waals surface area contributed by atoms with Gasteiger partial charge in [0.1, 0.15) is 17.0 Å². The lowest BCUT2D eigenvalue weighted by Gasteiger charge is -2.20. The summed E-state index contributed by atoms with van der Waals surface area (Å²) in [6.45, 7) is 10.8.